The molecule has 7 nitrogen and oxygen atoms in total. The Kier molecular flexibility index (Phi) is 6.78. The van der Waals surface area contributed by atoms with Crippen LogP contribution in [-0.2, 0) is 5.67 Å². The molecule has 1 fully saturated rings. The predicted octanol–water partition coefficient (Wildman–Crippen LogP) is 4.62. The monoisotopic (exact) mass is 472 g/mol. The fourth-order valence-corrected chi connectivity index (χ4v) is 4.11. The van der Waals surface area contributed by atoms with Crippen LogP contribution >= 0.6 is 0 Å². The van der Waals surface area contributed by atoms with E-state index in [0.29, 0.717) is 33.7 Å². The first-order valence-corrected chi connectivity index (χ1v) is 11.2. The second-order valence-electron chi connectivity index (χ2n) is 8.50. The van der Waals surface area contributed by atoms with Crippen molar-refractivity contribution in [1.29, 1.82) is 5.26 Å². The molecule has 2 heterocycles. The van der Waals surface area contributed by atoms with Crippen LogP contribution in [0.4, 0.5) is 10.1 Å². The molecule has 1 saturated heterocycles. The predicted molar refractivity (Wildman–Crippen MR) is 129 cm³/mol. The number of piperidine rings is 1. The van der Waals surface area contributed by atoms with Gasteiger partial charge >= 0.3 is 0 Å². The first-order chi connectivity index (χ1) is 16.8. The normalized spacial score (nSPS) is 14.6. The van der Waals surface area contributed by atoms with Crippen molar-refractivity contribution >= 4 is 17.5 Å². The fourth-order valence-electron chi connectivity index (χ4n) is 4.11. The molecule has 35 heavy (non-hydrogen) atoms. The Hall–Kier alpha value is -4.25. The number of benzene rings is 2. The Morgan fingerprint density at radius 3 is 2.37 bits per heavy atom. The number of aromatic nitrogens is 1. The molecule has 0 bridgehead atoms. The highest BCUT2D eigenvalue weighted by atomic mass is 19.1. The summed E-state index contributed by atoms with van der Waals surface area (Å²) in [6.45, 7) is 2.33. The molecular formula is C27H25FN4O3. The number of aryl methyl sites for hydroxylation is 1. The number of carbonyl (C=O) groups excluding carboxylic acids is 2. The number of amides is 2. The molecule has 1 aliphatic rings. The molecule has 3 aromatic rings. The van der Waals surface area contributed by atoms with Crippen LogP contribution in [0.1, 0.15) is 50.4 Å². The molecule has 0 atom stereocenters. The van der Waals surface area contributed by atoms with Gasteiger partial charge in [-0.2, -0.15) is 5.26 Å². The number of hydrogen-bond donors (Lipinski definition) is 1. The van der Waals surface area contributed by atoms with Gasteiger partial charge in [-0.25, -0.2) is 4.39 Å². The van der Waals surface area contributed by atoms with Crippen molar-refractivity contribution < 1.29 is 18.7 Å². The summed E-state index contributed by atoms with van der Waals surface area (Å²) in [6, 6.07) is 16.7. The number of hydrogen-bond acceptors (Lipinski definition) is 5. The number of halogens is 1. The summed E-state index contributed by atoms with van der Waals surface area (Å²) in [5.74, 6) is -0.206. The molecule has 8 heteroatoms. The van der Waals surface area contributed by atoms with Crippen molar-refractivity contribution in [2.75, 3.05) is 25.5 Å². The van der Waals surface area contributed by atoms with Gasteiger partial charge in [-0.1, -0.05) is 12.1 Å². The fraction of sp³-hybridized carbons (Fsp3) is 0.259. The number of methoxy groups -OCH3 is 1. The lowest BCUT2D eigenvalue weighted by molar-refractivity contribution is 0.0421. The van der Waals surface area contributed by atoms with E-state index in [-0.39, 0.29) is 37.7 Å². The van der Waals surface area contributed by atoms with Crippen molar-refractivity contribution in [2.24, 2.45) is 0 Å². The molecule has 4 rings (SSSR count). The summed E-state index contributed by atoms with van der Waals surface area (Å²) in [5, 5.41) is 11.7. The van der Waals surface area contributed by atoms with Gasteiger partial charge < -0.3 is 15.0 Å². The van der Waals surface area contributed by atoms with E-state index in [1.165, 1.54) is 13.3 Å². The summed E-state index contributed by atoms with van der Waals surface area (Å²) < 4.78 is 20.9. The molecule has 2 aromatic carbocycles. The Bertz CT molecular complexity index is 1280. The Morgan fingerprint density at radius 2 is 1.77 bits per heavy atom. The standard InChI is InChI=1S/C27H25FN4O3/c1-18-3-6-21(17-30-18)25(33)31-23-15-20(7-10-24(23)35-2)26(34)32-13-11-27(28,12-14-32)22-8-4-19(16-29)5-9-22/h3-10,15,17H,11-14H2,1-2H3,(H,31,33). The van der Waals surface area contributed by atoms with E-state index in [1.807, 2.05) is 13.0 Å². The maximum absolute atomic E-state index is 15.6. The van der Waals surface area contributed by atoms with Crippen molar-refractivity contribution in [3.63, 3.8) is 0 Å². The largest absolute Gasteiger partial charge is 0.495 e. The van der Waals surface area contributed by atoms with E-state index in [1.54, 1.807) is 59.5 Å². The lowest BCUT2D eigenvalue weighted by Crippen LogP contribution is -2.43. The number of anilines is 1. The Labute approximate surface area is 203 Å². The summed E-state index contributed by atoms with van der Waals surface area (Å²) in [5.41, 5.74) is 1.35. The molecule has 178 valence electrons. The van der Waals surface area contributed by atoms with Crippen LogP contribution < -0.4 is 10.1 Å². The van der Waals surface area contributed by atoms with Gasteiger partial charge in [0.05, 0.1) is 30.0 Å². The van der Waals surface area contributed by atoms with E-state index in [9.17, 15) is 9.59 Å². The first-order valence-electron chi connectivity index (χ1n) is 11.2. The second-order valence-corrected chi connectivity index (χ2v) is 8.50. The number of alkyl halides is 1. The second kappa shape index (κ2) is 9.94. The van der Waals surface area contributed by atoms with Crippen LogP contribution in [0.5, 0.6) is 5.75 Å². The number of carbonyl (C=O) groups is 2. The van der Waals surface area contributed by atoms with Crippen molar-refractivity contribution in [3.8, 4) is 11.8 Å². The van der Waals surface area contributed by atoms with Gasteiger partial charge in [-0.15, -0.1) is 0 Å². The lowest BCUT2D eigenvalue weighted by Gasteiger charge is -2.36. The average molecular weight is 473 g/mol. The van der Waals surface area contributed by atoms with Crippen LogP contribution in [0.15, 0.2) is 60.8 Å². The molecule has 2 amide bonds. The number of nitriles is 1. The molecular weight excluding hydrogens is 447 g/mol. The molecule has 0 radical (unpaired) electrons. The van der Waals surface area contributed by atoms with Gasteiger partial charge in [0.15, 0.2) is 0 Å². The number of likely N-dealkylation sites (tertiary alicyclic amines) is 1. The molecule has 1 aromatic heterocycles. The Morgan fingerprint density at radius 1 is 1.09 bits per heavy atom. The number of nitrogens with zero attached hydrogens (tertiary/aromatic N) is 3. The average Bonchev–Trinajstić information content (AvgIpc) is 2.89. The van der Waals surface area contributed by atoms with E-state index in [4.69, 9.17) is 10.00 Å². The lowest BCUT2D eigenvalue weighted by atomic mass is 9.85. The summed E-state index contributed by atoms with van der Waals surface area (Å²) in [6.07, 6.45) is 1.80. The zero-order valence-electron chi connectivity index (χ0n) is 19.5. The van der Waals surface area contributed by atoms with E-state index >= 15 is 4.39 Å². The molecule has 1 N–H and O–H groups in total. The van der Waals surface area contributed by atoms with Gasteiger partial charge in [-0.3, -0.25) is 14.6 Å². The third-order valence-electron chi connectivity index (χ3n) is 6.24. The van der Waals surface area contributed by atoms with Crippen LogP contribution in [0, 0.1) is 18.3 Å². The quantitative estimate of drug-likeness (QED) is 0.585. The minimum Gasteiger partial charge on any atom is -0.495 e. The van der Waals surface area contributed by atoms with Crippen LogP contribution in [0.3, 0.4) is 0 Å². The van der Waals surface area contributed by atoms with Crippen molar-refractivity contribution in [1.82, 2.24) is 9.88 Å². The van der Waals surface area contributed by atoms with Gasteiger partial charge in [-0.05, 0) is 55.0 Å². The highest BCUT2D eigenvalue weighted by molar-refractivity contribution is 6.06. The van der Waals surface area contributed by atoms with E-state index < -0.39 is 5.67 Å². The van der Waals surface area contributed by atoms with Crippen LogP contribution in [-0.4, -0.2) is 41.9 Å². The third-order valence-corrected chi connectivity index (χ3v) is 6.24. The van der Waals surface area contributed by atoms with Crippen LogP contribution in [0.2, 0.25) is 0 Å². The zero-order valence-corrected chi connectivity index (χ0v) is 19.5. The molecule has 0 aliphatic carbocycles. The van der Waals surface area contributed by atoms with Gasteiger partial charge in [0.25, 0.3) is 11.8 Å². The topological polar surface area (TPSA) is 95.3 Å². The molecule has 0 unspecified atom stereocenters. The maximum Gasteiger partial charge on any atom is 0.257 e. The highest BCUT2D eigenvalue weighted by Gasteiger charge is 2.37. The highest BCUT2D eigenvalue weighted by Crippen LogP contribution is 2.37. The maximum atomic E-state index is 15.6. The SMILES string of the molecule is COc1ccc(C(=O)N2CCC(F)(c3ccc(C#N)cc3)CC2)cc1NC(=O)c1ccc(C)nc1. The Balaban J connectivity index is 1.47. The van der Waals surface area contributed by atoms with Gasteiger partial charge in [0, 0.05) is 43.4 Å². The third kappa shape index (κ3) is 5.14. The molecule has 1 aliphatic heterocycles. The smallest absolute Gasteiger partial charge is 0.257 e. The van der Waals surface area contributed by atoms with Crippen molar-refractivity contribution in [3.05, 3.63) is 88.7 Å². The summed E-state index contributed by atoms with van der Waals surface area (Å²) in [4.78, 5) is 31.6. The number of rotatable bonds is 5. The van der Waals surface area contributed by atoms with E-state index in [0.717, 1.165) is 5.69 Å². The van der Waals surface area contributed by atoms with E-state index in [2.05, 4.69) is 10.3 Å². The number of ether oxygens (including phenoxy) is 1. The summed E-state index contributed by atoms with van der Waals surface area (Å²) >= 11 is 0. The van der Waals surface area contributed by atoms with Gasteiger partial charge in [0.2, 0.25) is 0 Å². The summed E-state index contributed by atoms with van der Waals surface area (Å²) in [7, 11) is 1.48. The molecule has 0 spiro atoms. The van der Waals surface area contributed by atoms with Crippen molar-refractivity contribution in [2.45, 2.75) is 25.4 Å². The van der Waals surface area contributed by atoms with Gasteiger partial charge in [0.1, 0.15) is 11.4 Å². The number of pyridine rings is 1. The zero-order chi connectivity index (χ0) is 25.0. The minimum absolute atomic E-state index is 0.158. The van der Waals surface area contributed by atoms with Crippen LogP contribution in [0.25, 0.3) is 0 Å². The molecule has 0 saturated carbocycles. The number of nitrogens with one attached hydrogen (secondary N) is 1. The first kappa shape index (κ1) is 23.9. The minimum atomic E-state index is -1.55.